The summed E-state index contributed by atoms with van der Waals surface area (Å²) in [6, 6.07) is 22.9. The molecule has 3 rings (SSSR count). The molecule has 0 N–H and O–H groups in total. The molecule has 0 spiro atoms. The monoisotopic (exact) mass is 282 g/mol. The molecular weight excluding hydrogens is 260 g/mol. The molecule has 2 aromatic carbocycles. The van der Waals surface area contributed by atoms with Crippen LogP contribution in [0.5, 0.6) is 0 Å². The summed E-state index contributed by atoms with van der Waals surface area (Å²) in [7, 11) is -2.04. The summed E-state index contributed by atoms with van der Waals surface area (Å²) in [6.07, 6.45) is 0. The lowest BCUT2D eigenvalue weighted by Crippen LogP contribution is -2.64. The van der Waals surface area contributed by atoms with Crippen LogP contribution in [0.3, 0.4) is 0 Å². The van der Waals surface area contributed by atoms with Crippen LogP contribution in [0.25, 0.3) is 0 Å². The molecule has 0 aromatic heterocycles. The highest BCUT2D eigenvalue weighted by Gasteiger charge is 2.44. The molecule has 1 aliphatic rings. The van der Waals surface area contributed by atoms with Gasteiger partial charge in [-0.05, 0) is 28.3 Å². The molecule has 0 bridgehead atoms. The van der Waals surface area contributed by atoms with E-state index in [-0.39, 0.29) is 0 Å². The minimum atomic E-state index is -2.04. The Kier molecular flexibility index (Phi) is 3.77. The molecule has 1 saturated heterocycles. The van der Waals surface area contributed by atoms with E-state index in [4.69, 9.17) is 4.43 Å². The van der Waals surface area contributed by atoms with Crippen LogP contribution in [0.15, 0.2) is 60.7 Å². The maximum Gasteiger partial charge on any atom is 0.255 e. The Morgan fingerprint density at radius 3 is 1.75 bits per heavy atom. The molecule has 0 saturated carbocycles. The van der Waals surface area contributed by atoms with Crippen molar-refractivity contribution in [2.24, 2.45) is 11.8 Å². The Bertz CT molecular complexity index is 513. The van der Waals surface area contributed by atoms with Crippen molar-refractivity contribution in [2.45, 2.75) is 19.9 Å². The van der Waals surface area contributed by atoms with Crippen LogP contribution >= 0.6 is 0 Å². The fourth-order valence-corrected chi connectivity index (χ4v) is 7.71. The molecule has 1 fully saturated rings. The average molecular weight is 282 g/mol. The number of hydrogen-bond donors (Lipinski definition) is 0. The van der Waals surface area contributed by atoms with Gasteiger partial charge in [-0.2, -0.15) is 0 Å². The zero-order chi connectivity index (χ0) is 14.0. The van der Waals surface area contributed by atoms with Crippen molar-refractivity contribution in [3.05, 3.63) is 60.7 Å². The molecule has 0 amide bonds. The smallest absolute Gasteiger partial charge is 0.255 e. The summed E-state index contributed by atoms with van der Waals surface area (Å²) in [5.74, 6) is 1.37. The van der Waals surface area contributed by atoms with Gasteiger partial charge in [0.15, 0.2) is 0 Å². The van der Waals surface area contributed by atoms with E-state index in [9.17, 15) is 0 Å². The van der Waals surface area contributed by atoms with Crippen molar-refractivity contribution in [3.63, 3.8) is 0 Å². The van der Waals surface area contributed by atoms with Gasteiger partial charge in [-0.15, -0.1) is 0 Å². The number of rotatable bonds is 2. The lowest BCUT2D eigenvalue weighted by Gasteiger charge is -2.41. The van der Waals surface area contributed by atoms with Gasteiger partial charge in [0.1, 0.15) is 0 Å². The molecule has 104 valence electrons. The second-order valence-electron chi connectivity index (χ2n) is 6.03. The highest BCUT2D eigenvalue weighted by atomic mass is 28.4. The minimum Gasteiger partial charge on any atom is -0.408 e. The van der Waals surface area contributed by atoms with E-state index in [0.717, 1.165) is 12.5 Å². The highest BCUT2D eigenvalue weighted by Crippen LogP contribution is 2.30. The van der Waals surface area contributed by atoms with Gasteiger partial charge in [0.25, 0.3) is 8.32 Å². The molecule has 1 aliphatic heterocycles. The maximum absolute atomic E-state index is 6.56. The maximum atomic E-state index is 6.56. The van der Waals surface area contributed by atoms with Crippen LogP contribution in [0.2, 0.25) is 6.04 Å². The summed E-state index contributed by atoms with van der Waals surface area (Å²) >= 11 is 0. The van der Waals surface area contributed by atoms with Crippen LogP contribution in [0.1, 0.15) is 13.8 Å². The van der Waals surface area contributed by atoms with E-state index >= 15 is 0 Å². The normalized spacial score (nSPS) is 25.3. The van der Waals surface area contributed by atoms with Crippen LogP contribution < -0.4 is 10.4 Å². The Hall–Kier alpha value is -1.38. The van der Waals surface area contributed by atoms with Crippen LogP contribution in [0, 0.1) is 11.8 Å². The van der Waals surface area contributed by atoms with Gasteiger partial charge in [0.2, 0.25) is 0 Å². The standard InChI is InChI=1S/C18H22OSi/c1-15-13-19-20(14-16(15)2,17-9-5-3-6-10-17)18-11-7-4-8-12-18/h3-12,15-16H,13-14H2,1-2H3/t15-,16-/m0/s1. The summed E-state index contributed by atoms with van der Waals surface area (Å²) in [5, 5.41) is 2.81. The lowest BCUT2D eigenvalue weighted by atomic mass is 9.99. The van der Waals surface area contributed by atoms with Crippen molar-refractivity contribution < 1.29 is 4.43 Å². The van der Waals surface area contributed by atoms with Gasteiger partial charge in [0, 0.05) is 6.61 Å². The fraction of sp³-hybridized carbons (Fsp3) is 0.333. The third kappa shape index (κ3) is 2.34. The predicted molar refractivity (Wildman–Crippen MR) is 87.0 cm³/mol. The summed E-state index contributed by atoms with van der Waals surface area (Å²) in [4.78, 5) is 0. The Morgan fingerprint density at radius 2 is 1.30 bits per heavy atom. The second-order valence-corrected chi connectivity index (χ2v) is 9.53. The van der Waals surface area contributed by atoms with E-state index in [1.807, 2.05) is 0 Å². The third-order valence-electron chi connectivity index (χ3n) is 4.65. The van der Waals surface area contributed by atoms with Gasteiger partial charge in [-0.25, -0.2) is 0 Å². The van der Waals surface area contributed by atoms with Gasteiger partial charge < -0.3 is 4.43 Å². The van der Waals surface area contributed by atoms with Gasteiger partial charge in [-0.1, -0.05) is 74.5 Å². The Balaban J connectivity index is 2.09. The predicted octanol–water partition coefficient (Wildman–Crippen LogP) is 3.05. The first-order valence-corrected chi connectivity index (χ1v) is 9.59. The zero-order valence-corrected chi connectivity index (χ0v) is 13.3. The van der Waals surface area contributed by atoms with Crippen LogP contribution in [-0.2, 0) is 4.43 Å². The first-order chi connectivity index (χ1) is 9.72. The fourth-order valence-electron chi connectivity index (χ4n) is 3.14. The van der Waals surface area contributed by atoms with Crippen LogP contribution in [0.4, 0.5) is 0 Å². The van der Waals surface area contributed by atoms with E-state index in [0.29, 0.717) is 5.92 Å². The summed E-state index contributed by atoms with van der Waals surface area (Å²) < 4.78 is 6.56. The molecule has 0 aliphatic carbocycles. The zero-order valence-electron chi connectivity index (χ0n) is 12.3. The van der Waals surface area contributed by atoms with Crippen molar-refractivity contribution in [1.29, 1.82) is 0 Å². The highest BCUT2D eigenvalue weighted by molar-refractivity contribution is 6.97. The number of hydrogen-bond acceptors (Lipinski definition) is 1. The second kappa shape index (κ2) is 5.55. The minimum absolute atomic E-state index is 0.656. The third-order valence-corrected chi connectivity index (χ3v) is 9.06. The first kappa shape index (κ1) is 13.6. The molecule has 0 unspecified atom stereocenters. The summed E-state index contributed by atoms with van der Waals surface area (Å²) in [6.45, 7) is 5.57. The van der Waals surface area contributed by atoms with Gasteiger partial charge in [0.05, 0.1) is 0 Å². The molecule has 2 atom stereocenters. The topological polar surface area (TPSA) is 9.23 Å². The molecule has 2 aromatic rings. The van der Waals surface area contributed by atoms with Gasteiger partial charge in [-0.3, -0.25) is 0 Å². The first-order valence-electron chi connectivity index (χ1n) is 7.47. The Morgan fingerprint density at radius 1 is 0.800 bits per heavy atom. The van der Waals surface area contributed by atoms with Gasteiger partial charge >= 0.3 is 0 Å². The van der Waals surface area contributed by atoms with E-state index in [1.54, 1.807) is 0 Å². The van der Waals surface area contributed by atoms with E-state index < -0.39 is 8.32 Å². The molecule has 2 heteroatoms. The Labute approximate surface area is 122 Å². The molecular formula is C18H22OSi. The van der Waals surface area contributed by atoms with Crippen molar-refractivity contribution in [3.8, 4) is 0 Å². The van der Waals surface area contributed by atoms with Crippen molar-refractivity contribution in [1.82, 2.24) is 0 Å². The largest absolute Gasteiger partial charge is 0.408 e. The van der Waals surface area contributed by atoms with E-state index in [2.05, 4.69) is 74.5 Å². The molecule has 1 heterocycles. The number of benzene rings is 2. The quantitative estimate of drug-likeness (QED) is 0.769. The molecule has 1 nitrogen and oxygen atoms in total. The van der Waals surface area contributed by atoms with E-state index in [1.165, 1.54) is 16.4 Å². The SMILES string of the molecule is C[C@H]1CO[Si](c2ccccc2)(c2ccccc2)C[C@@H]1C. The average Bonchev–Trinajstić information content (AvgIpc) is 2.52. The molecule has 0 radical (unpaired) electrons. The lowest BCUT2D eigenvalue weighted by molar-refractivity contribution is 0.184. The van der Waals surface area contributed by atoms with Crippen molar-refractivity contribution >= 4 is 18.7 Å². The van der Waals surface area contributed by atoms with Crippen molar-refractivity contribution in [2.75, 3.05) is 6.61 Å². The molecule has 20 heavy (non-hydrogen) atoms. The van der Waals surface area contributed by atoms with Crippen LogP contribution in [-0.4, -0.2) is 14.9 Å². The summed E-state index contributed by atoms with van der Waals surface area (Å²) in [5.41, 5.74) is 0.